The molecule has 0 aliphatic carbocycles. The predicted octanol–water partition coefficient (Wildman–Crippen LogP) is 3.75. The first kappa shape index (κ1) is 22.1. The first-order chi connectivity index (χ1) is 15.3. The smallest absolute Gasteiger partial charge is 0.146 e. The Morgan fingerprint density at radius 3 is 2.84 bits per heavy atom. The van der Waals surface area contributed by atoms with Crippen molar-refractivity contribution < 1.29 is 22.8 Å². The lowest BCUT2D eigenvalue weighted by atomic mass is 10.2. The second-order valence-corrected chi connectivity index (χ2v) is 9.71. The lowest BCUT2D eigenvalue weighted by Gasteiger charge is -2.18. The number of hydrogen-bond donors (Lipinski definition) is 2. The van der Waals surface area contributed by atoms with Crippen molar-refractivity contribution in [2.75, 3.05) is 36.1 Å². The third kappa shape index (κ3) is 5.20. The van der Waals surface area contributed by atoms with E-state index < -0.39 is 15.5 Å². The third-order valence-corrected chi connectivity index (χ3v) is 5.38. The molecule has 2 N–H and O–H groups in total. The van der Waals surface area contributed by atoms with Crippen molar-refractivity contribution in [1.82, 2.24) is 9.97 Å². The molecule has 1 aromatic heterocycles. The Bertz CT molecular complexity index is 1230. The molecule has 2 aromatic carbocycles. The van der Waals surface area contributed by atoms with Gasteiger partial charge in [0, 0.05) is 34.5 Å². The number of ether oxygens (including phenoxy) is 3. The van der Waals surface area contributed by atoms with Crippen LogP contribution >= 0.6 is 0 Å². The fourth-order valence-electron chi connectivity index (χ4n) is 3.44. The second-order valence-electron chi connectivity index (χ2n) is 7.50. The summed E-state index contributed by atoms with van der Waals surface area (Å²) in [4.78, 5) is 8.72. The lowest BCUT2D eigenvalue weighted by molar-refractivity contribution is 0.141. The summed E-state index contributed by atoms with van der Waals surface area (Å²) in [5.74, 6) is 4.57. The molecule has 3 aromatic rings. The summed E-state index contributed by atoms with van der Waals surface area (Å²) in [5.41, 5.74) is 1.70. The monoisotopic (exact) mass is 460 g/mol. The Labute approximate surface area is 186 Å². The highest BCUT2D eigenvalue weighted by Crippen LogP contribution is 2.37. The summed E-state index contributed by atoms with van der Waals surface area (Å²) in [7, 11) is -2.48. The molecule has 0 bridgehead atoms. The minimum Gasteiger partial charge on any atom is -0.493 e. The molecule has 1 saturated heterocycles. The van der Waals surface area contributed by atoms with Crippen LogP contribution < -0.4 is 19.5 Å². The summed E-state index contributed by atoms with van der Waals surface area (Å²) >= 11 is 0. The number of rotatable bonds is 8. The van der Waals surface area contributed by atoms with Crippen molar-refractivity contribution in [2.24, 2.45) is 0 Å². The molecule has 1 aliphatic heterocycles. The van der Waals surface area contributed by atoms with Gasteiger partial charge in [-0.2, -0.15) is 0 Å². The van der Waals surface area contributed by atoms with E-state index in [0.29, 0.717) is 59.4 Å². The van der Waals surface area contributed by atoms with Gasteiger partial charge in [0.2, 0.25) is 0 Å². The molecule has 8 nitrogen and oxygen atoms in total. The van der Waals surface area contributed by atoms with E-state index in [2.05, 4.69) is 25.9 Å². The van der Waals surface area contributed by atoms with Crippen molar-refractivity contribution in [3.8, 4) is 11.5 Å². The number of nitrogens with one attached hydrogen (secondary N) is 2. The molecule has 170 valence electrons. The van der Waals surface area contributed by atoms with Gasteiger partial charge in [-0.15, -0.1) is 0 Å². The summed E-state index contributed by atoms with van der Waals surface area (Å²) in [6.45, 7) is 3.35. The number of aromatic nitrogens is 2. The number of hydrogen-bond acceptors (Lipinski definition) is 7. The van der Waals surface area contributed by atoms with Crippen LogP contribution in [0.5, 0.6) is 11.5 Å². The van der Waals surface area contributed by atoms with Gasteiger partial charge in [-0.05, 0) is 31.0 Å². The molecule has 0 amide bonds. The fourth-order valence-corrected chi connectivity index (χ4v) is 4.05. The summed E-state index contributed by atoms with van der Waals surface area (Å²) in [6.07, 6.45) is 3.52. The van der Waals surface area contributed by atoms with Crippen LogP contribution in [0.2, 0.25) is 0 Å². The van der Waals surface area contributed by atoms with Crippen LogP contribution in [0.4, 0.5) is 21.6 Å². The number of benzene rings is 2. The Morgan fingerprint density at radius 1 is 1.28 bits per heavy atom. The molecule has 0 radical (unpaired) electrons. The van der Waals surface area contributed by atoms with Crippen molar-refractivity contribution in [3.63, 3.8) is 0 Å². The highest BCUT2D eigenvalue weighted by Gasteiger charge is 2.20. The van der Waals surface area contributed by atoms with Crippen molar-refractivity contribution in [2.45, 2.75) is 19.4 Å². The fraction of sp³-hybridized carbons (Fsp3) is 0.318. The average molecular weight is 461 g/mol. The van der Waals surface area contributed by atoms with Gasteiger partial charge in [0.1, 0.15) is 35.6 Å². The molecule has 2 unspecified atom stereocenters. The van der Waals surface area contributed by atoms with Crippen molar-refractivity contribution >= 4 is 43.7 Å². The standard InChI is InChI=1S/C22H25FN4O4S/c1-4-30-20-11-15(27-32(2,3)28)10-18-21(20)22(25-13-24-18)26-17-6-5-14(23)9-19(17)31-16-7-8-29-12-16/h5-6,9-11,13,16H,2,4,7-8,12H2,1,3H3,(H,27,28)(H,24,25,26). The van der Waals surface area contributed by atoms with Gasteiger partial charge in [0.05, 0.1) is 42.1 Å². The highest BCUT2D eigenvalue weighted by molar-refractivity contribution is 8.00. The normalized spacial score (nSPS) is 17.7. The van der Waals surface area contributed by atoms with E-state index >= 15 is 0 Å². The van der Waals surface area contributed by atoms with Crippen LogP contribution in [-0.2, 0) is 14.4 Å². The third-order valence-electron chi connectivity index (χ3n) is 4.71. The van der Waals surface area contributed by atoms with Crippen molar-refractivity contribution in [1.29, 1.82) is 0 Å². The maximum absolute atomic E-state index is 13.9. The zero-order valence-corrected chi connectivity index (χ0v) is 18.7. The molecule has 1 fully saturated rings. The number of halogens is 1. The van der Waals surface area contributed by atoms with E-state index in [9.17, 15) is 8.60 Å². The molecule has 2 heterocycles. The highest BCUT2D eigenvalue weighted by atomic mass is 32.2. The predicted molar refractivity (Wildman–Crippen MR) is 125 cm³/mol. The van der Waals surface area contributed by atoms with Crippen LogP contribution in [0.15, 0.2) is 36.7 Å². The second kappa shape index (κ2) is 9.17. The minimum atomic E-state index is -2.48. The molecule has 32 heavy (non-hydrogen) atoms. The van der Waals surface area contributed by atoms with E-state index in [1.807, 2.05) is 6.92 Å². The zero-order chi connectivity index (χ0) is 22.7. The summed E-state index contributed by atoms with van der Waals surface area (Å²) < 4.78 is 46.1. The molecular formula is C22H25FN4O4S. The molecule has 10 heteroatoms. The largest absolute Gasteiger partial charge is 0.493 e. The first-order valence-corrected chi connectivity index (χ1v) is 12.3. The topological polar surface area (TPSA) is 94.6 Å². The van der Waals surface area contributed by atoms with Gasteiger partial charge in [0.25, 0.3) is 0 Å². The molecule has 2 atom stereocenters. The Balaban J connectivity index is 1.75. The van der Waals surface area contributed by atoms with Crippen LogP contribution in [0.3, 0.4) is 0 Å². The minimum absolute atomic E-state index is 0.140. The molecule has 1 aliphatic rings. The van der Waals surface area contributed by atoms with Crippen molar-refractivity contribution in [3.05, 3.63) is 42.5 Å². The van der Waals surface area contributed by atoms with Crippen LogP contribution in [0, 0.1) is 5.82 Å². The summed E-state index contributed by atoms with van der Waals surface area (Å²) in [6, 6.07) is 7.76. The number of anilines is 3. The Kier molecular flexibility index (Phi) is 6.33. The van der Waals surface area contributed by atoms with Crippen LogP contribution in [-0.4, -0.2) is 52.2 Å². The maximum Gasteiger partial charge on any atom is 0.146 e. The molecule has 4 rings (SSSR count). The van der Waals surface area contributed by atoms with Crippen LogP contribution in [0.1, 0.15) is 13.3 Å². The van der Waals surface area contributed by atoms with Gasteiger partial charge in [-0.25, -0.2) is 18.6 Å². The maximum atomic E-state index is 13.9. The number of fused-ring (bicyclic) bond motifs is 1. The Morgan fingerprint density at radius 2 is 2.12 bits per heavy atom. The lowest BCUT2D eigenvalue weighted by Crippen LogP contribution is -2.16. The molecule has 0 saturated carbocycles. The molecule has 0 spiro atoms. The zero-order valence-electron chi connectivity index (χ0n) is 17.9. The Hall–Kier alpha value is -3.11. The van der Waals surface area contributed by atoms with E-state index in [4.69, 9.17) is 14.2 Å². The van der Waals surface area contributed by atoms with Gasteiger partial charge < -0.3 is 24.2 Å². The van der Waals surface area contributed by atoms with E-state index in [0.717, 1.165) is 6.42 Å². The molecular weight excluding hydrogens is 435 g/mol. The quantitative estimate of drug-likeness (QED) is 0.495. The van der Waals surface area contributed by atoms with Gasteiger partial charge in [0.15, 0.2) is 0 Å². The van der Waals surface area contributed by atoms with Crippen LogP contribution in [0.25, 0.3) is 10.9 Å². The number of nitrogens with zero attached hydrogens (tertiary/aromatic N) is 2. The SMILES string of the molecule is C=S(C)(=O)Nc1cc(OCC)c2c(Nc3ccc(F)cc3OC3CCOC3)ncnc2c1. The van der Waals surface area contributed by atoms with E-state index in [1.54, 1.807) is 18.2 Å². The van der Waals surface area contributed by atoms with Gasteiger partial charge in [-0.1, -0.05) is 0 Å². The first-order valence-electron chi connectivity index (χ1n) is 10.1. The summed E-state index contributed by atoms with van der Waals surface area (Å²) in [5, 5.41) is 3.86. The van der Waals surface area contributed by atoms with Gasteiger partial charge in [-0.3, -0.25) is 0 Å². The average Bonchev–Trinajstić information content (AvgIpc) is 3.22. The van der Waals surface area contributed by atoms with Gasteiger partial charge >= 0.3 is 0 Å². The van der Waals surface area contributed by atoms with E-state index in [1.165, 1.54) is 24.7 Å². The van der Waals surface area contributed by atoms with E-state index in [-0.39, 0.29) is 6.10 Å².